The first-order chi connectivity index (χ1) is 12.5. The van der Waals surface area contributed by atoms with Gasteiger partial charge in [0.05, 0.1) is 0 Å². The predicted molar refractivity (Wildman–Crippen MR) is 100 cm³/mol. The quantitative estimate of drug-likeness (QED) is 0.803. The second kappa shape index (κ2) is 8.31. The summed E-state index contributed by atoms with van der Waals surface area (Å²) in [5.74, 6) is -0.807. The lowest BCUT2D eigenvalue weighted by Crippen LogP contribution is -2.48. The predicted octanol–water partition coefficient (Wildman–Crippen LogP) is 3.46. The Hall–Kier alpha value is -2.41. The van der Waals surface area contributed by atoms with E-state index in [-0.39, 0.29) is 6.04 Å². The number of benzene rings is 1. The smallest absolute Gasteiger partial charge is 0.348 e. The number of carbonyl (C=O) groups excluding carboxylic acids is 3. The third-order valence-corrected chi connectivity index (χ3v) is 5.74. The SMILES string of the molecule is C[C@@H]1CCCC[C@@H]1NC(=O)NC(=O)COC(=O)c1cc2ccccc2s1. The Morgan fingerprint density at radius 3 is 2.73 bits per heavy atom. The molecule has 7 heteroatoms. The summed E-state index contributed by atoms with van der Waals surface area (Å²) < 4.78 is 5.99. The lowest BCUT2D eigenvalue weighted by Gasteiger charge is -2.29. The maximum atomic E-state index is 12.1. The molecule has 0 unspecified atom stereocenters. The zero-order valence-corrected chi connectivity index (χ0v) is 15.4. The molecule has 3 amide bonds. The van der Waals surface area contributed by atoms with E-state index in [4.69, 9.17) is 4.74 Å². The Kier molecular flexibility index (Phi) is 5.88. The summed E-state index contributed by atoms with van der Waals surface area (Å²) >= 11 is 1.31. The van der Waals surface area contributed by atoms with E-state index in [9.17, 15) is 14.4 Å². The highest BCUT2D eigenvalue weighted by Crippen LogP contribution is 2.26. The standard InChI is InChI=1S/C19H22N2O4S/c1-12-6-2-4-8-14(12)20-19(24)21-17(22)11-25-18(23)16-10-13-7-3-5-9-15(13)26-16/h3,5,7,9-10,12,14H,2,4,6,8,11H2,1H3,(H2,20,21,22,24)/t12-,14+/m1/s1. The number of amides is 3. The number of esters is 1. The van der Waals surface area contributed by atoms with Gasteiger partial charge in [-0.1, -0.05) is 38.0 Å². The van der Waals surface area contributed by atoms with Gasteiger partial charge in [-0.15, -0.1) is 11.3 Å². The van der Waals surface area contributed by atoms with E-state index in [1.54, 1.807) is 6.07 Å². The van der Waals surface area contributed by atoms with Crippen molar-refractivity contribution in [2.45, 2.75) is 38.6 Å². The molecule has 1 aliphatic carbocycles. The number of fused-ring (bicyclic) bond motifs is 1. The minimum absolute atomic E-state index is 0.0812. The van der Waals surface area contributed by atoms with Crippen molar-refractivity contribution in [3.8, 4) is 0 Å². The average molecular weight is 374 g/mol. The Morgan fingerprint density at radius 2 is 1.96 bits per heavy atom. The molecule has 0 spiro atoms. The van der Waals surface area contributed by atoms with Gasteiger partial charge >= 0.3 is 12.0 Å². The molecule has 1 aliphatic rings. The van der Waals surface area contributed by atoms with Gasteiger partial charge in [0, 0.05) is 10.7 Å². The van der Waals surface area contributed by atoms with Gasteiger partial charge in [0.2, 0.25) is 0 Å². The lowest BCUT2D eigenvalue weighted by molar-refractivity contribution is -0.123. The molecule has 6 nitrogen and oxygen atoms in total. The van der Waals surface area contributed by atoms with E-state index in [0.717, 1.165) is 29.3 Å². The molecule has 1 fully saturated rings. The first-order valence-corrected chi connectivity index (χ1v) is 9.60. The fourth-order valence-corrected chi connectivity index (χ4v) is 4.14. The van der Waals surface area contributed by atoms with Crippen LogP contribution in [0.4, 0.5) is 4.79 Å². The third-order valence-electron chi connectivity index (χ3n) is 4.64. The molecule has 0 radical (unpaired) electrons. The highest BCUT2D eigenvalue weighted by Gasteiger charge is 2.23. The number of urea groups is 1. The summed E-state index contributed by atoms with van der Waals surface area (Å²) in [5, 5.41) is 6.00. The van der Waals surface area contributed by atoms with Crippen molar-refractivity contribution in [1.82, 2.24) is 10.6 Å². The van der Waals surface area contributed by atoms with Crippen LogP contribution in [-0.4, -0.2) is 30.6 Å². The van der Waals surface area contributed by atoms with Crippen LogP contribution in [0.3, 0.4) is 0 Å². The van der Waals surface area contributed by atoms with Crippen LogP contribution < -0.4 is 10.6 Å². The zero-order chi connectivity index (χ0) is 18.5. The summed E-state index contributed by atoms with van der Waals surface area (Å²) in [4.78, 5) is 36.3. The van der Waals surface area contributed by atoms with Gasteiger partial charge in [-0.3, -0.25) is 10.1 Å². The average Bonchev–Trinajstić information content (AvgIpc) is 3.06. The number of imide groups is 1. The van der Waals surface area contributed by atoms with Crippen molar-refractivity contribution >= 4 is 39.3 Å². The van der Waals surface area contributed by atoms with Crippen molar-refractivity contribution in [1.29, 1.82) is 0 Å². The monoisotopic (exact) mass is 374 g/mol. The normalized spacial score (nSPS) is 19.7. The Bertz CT molecular complexity index is 784. The molecule has 0 aliphatic heterocycles. The first kappa shape index (κ1) is 18.4. The molecule has 2 atom stereocenters. The minimum atomic E-state index is -0.638. The van der Waals surface area contributed by atoms with Gasteiger partial charge < -0.3 is 10.1 Å². The molecule has 1 aromatic carbocycles. The fraction of sp³-hybridized carbons (Fsp3) is 0.421. The van der Waals surface area contributed by atoms with Crippen LogP contribution in [0.1, 0.15) is 42.3 Å². The van der Waals surface area contributed by atoms with Gasteiger partial charge in [-0.05, 0) is 36.3 Å². The largest absolute Gasteiger partial charge is 0.451 e. The fourth-order valence-electron chi connectivity index (χ4n) is 3.18. The van der Waals surface area contributed by atoms with Crippen molar-refractivity contribution in [2.75, 3.05) is 6.61 Å². The molecule has 1 saturated carbocycles. The van der Waals surface area contributed by atoms with Crippen LogP contribution in [0.5, 0.6) is 0 Å². The number of thiophene rings is 1. The van der Waals surface area contributed by atoms with Crippen LogP contribution in [0, 0.1) is 5.92 Å². The second-order valence-electron chi connectivity index (χ2n) is 6.61. The van der Waals surface area contributed by atoms with E-state index in [1.165, 1.54) is 17.8 Å². The maximum Gasteiger partial charge on any atom is 0.348 e. The Balaban J connectivity index is 1.45. The minimum Gasteiger partial charge on any atom is -0.451 e. The highest BCUT2D eigenvalue weighted by molar-refractivity contribution is 7.20. The van der Waals surface area contributed by atoms with E-state index in [2.05, 4.69) is 17.6 Å². The van der Waals surface area contributed by atoms with Crippen LogP contribution in [0.25, 0.3) is 10.1 Å². The number of carbonyl (C=O) groups is 3. The molecule has 1 aromatic heterocycles. The van der Waals surface area contributed by atoms with E-state index >= 15 is 0 Å². The highest BCUT2D eigenvalue weighted by atomic mass is 32.1. The number of hydrogen-bond acceptors (Lipinski definition) is 5. The summed E-state index contributed by atoms with van der Waals surface area (Å²) in [6.07, 6.45) is 4.25. The topological polar surface area (TPSA) is 84.5 Å². The maximum absolute atomic E-state index is 12.1. The molecule has 138 valence electrons. The van der Waals surface area contributed by atoms with Gasteiger partial charge in [-0.25, -0.2) is 9.59 Å². The Labute approximate surface area is 155 Å². The van der Waals surface area contributed by atoms with E-state index < -0.39 is 24.5 Å². The summed E-state index contributed by atoms with van der Waals surface area (Å²) in [5.41, 5.74) is 0. The van der Waals surface area contributed by atoms with Crippen molar-refractivity contribution in [3.05, 3.63) is 35.2 Å². The first-order valence-electron chi connectivity index (χ1n) is 8.79. The molecule has 3 rings (SSSR count). The summed E-state index contributed by atoms with van der Waals surface area (Å²) in [6, 6.07) is 8.89. The molecule has 1 heterocycles. The molecule has 0 bridgehead atoms. The second-order valence-corrected chi connectivity index (χ2v) is 7.70. The molecular formula is C19H22N2O4S. The van der Waals surface area contributed by atoms with Crippen LogP contribution in [0.15, 0.2) is 30.3 Å². The zero-order valence-electron chi connectivity index (χ0n) is 14.6. The van der Waals surface area contributed by atoms with E-state index in [1.807, 2.05) is 24.3 Å². The summed E-state index contributed by atoms with van der Waals surface area (Å²) in [6.45, 7) is 1.61. The summed E-state index contributed by atoms with van der Waals surface area (Å²) in [7, 11) is 0. The van der Waals surface area contributed by atoms with Gasteiger partial charge in [-0.2, -0.15) is 0 Å². The van der Waals surface area contributed by atoms with Crippen molar-refractivity contribution in [2.24, 2.45) is 5.92 Å². The van der Waals surface area contributed by atoms with Crippen molar-refractivity contribution in [3.63, 3.8) is 0 Å². The number of ether oxygens (including phenoxy) is 1. The Morgan fingerprint density at radius 1 is 1.19 bits per heavy atom. The molecule has 2 aromatic rings. The molecule has 26 heavy (non-hydrogen) atoms. The van der Waals surface area contributed by atoms with Crippen molar-refractivity contribution < 1.29 is 19.1 Å². The van der Waals surface area contributed by atoms with E-state index in [0.29, 0.717) is 10.8 Å². The van der Waals surface area contributed by atoms with Gasteiger partial charge in [0.25, 0.3) is 5.91 Å². The third kappa shape index (κ3) is 4.60. The number of nitrogens with one attached hydrogen (secondary N) is 2. The molecule has 0 saturated heterocycles. The van der Waals surface area contributed by atoms with Crippen LogP contribution in [-0.2, 0) is 9.53 Å². The number of hydrogen-bond donors (Lipinski definition) is 2. The van der Waals surface area contributed by atoms with Gasteiger partial charge in [0.1, 0.15) is 4.88 Å². The molecular weight excluding hydrogens is 352 g/mol. The van der Waals surface area contributed by atoms with Gasteiger partial charge in [0.15, 0.2) is 6.61 Å². The lowest BCUT2D eigenvalue weighted by atomic mass is 9.86. The number of rotatable bonds is 4. The van der Waals surface area contributed by atoms with Crippen LogP contribution in [0.2, 0.25) is 0 Å². The molecule has 2 N–H and O–H groups in total. The van der Waals surface area contributed by atoms with Crippen LogP contribution >= 0.6 is 11.3 Å².